The van der Waals surface area contributed by atoms with Gasteiger partial charge in [0.05, 0.1) is 6.61 Å². The molecule has 126 valence electrons. The zero-order valence-corrected chi connectivity index (χ0v) is 14.0. The van der Waals surface area contributed by atoms with Crippen LogP contribution < -0.4 is 10.2 Å². The Hall–Kier alpha value is -1.88. The van der Waals surface area contributed by atoms with Crippen molar-refractivity contribution in [3.05, 3.63) is 29.8 Å². The van der Waals surface area contributed by atoms with Crippen molar-refractivity contribution in [2.24, 2.45) is 5.41 Å². The highest BCUT2D eigenvalue weighted by Gasteiger charge is 2.26. The average molecular weight is 318 g/mol. The van der Waals surface area contributed by atoms with E-state index < -0.39 is 0 Å². The van der Waals surface area contributed by atoms with Gasteiger partial charge < -0.3 is 15.3 Å². The van der Waals surface area contributed by atoms with E-state index in [1.165, 1.54) is 0 Å². The number of carbonyl (C=O) groups excluding carboxylic acids is 2. The summed E-state index contributed by atoms with van der Waals surface area (Å²) in [7, 11) is 0. The van der Waals surface area contributed by atoms with Gasteiger partial charge in [-0.3, -0.25) is 9.59 Å². The highest BCUT2D eigenvalue weighted by molar-refractivity contribution is 5.97. The van der Waals surface area contributed by atoms with Crippen LogP contribution >= 0.6 is 0 Å². The molecule has 2 amide bonds. The van der Waals surface area contributed by atoms with Crippen LogP contribution in [0.2, 0.25) is 0 Å². The quantitative estimate of drug-likeness (QED) is 0.811. The molecule has 5 nitrogen and oxygen atoms in total. The molecule has 0 aliphatic carbocycles. The first kappa shape index (κ1) is 17.5. The molecule has 0 saturated carbocycles. The lowest BCUT2D eigenvalue weighted by atomic mass is 9.83. The first-order valence-electron chi connectivity index (χ1n) is 8.34. The number of aliphatic hydroxyl groups excluding tert-OH is 1. The lowest BCUT2D eigenvalue weighted by Crippen LogP contribution is -2.39. The number of hydrogen-bond donors (Lipinski definition) is 2. The number of nitrogens with one attached hydrogen (secondary N) is 1. The molecule has 0 atom stereocenters. The number of hydrogen-bond acceptors (Lipinski definition) is 3. The van der Waals surface area contributed by atoms with Gasteiger partial charge in [-0.05, 0) is 43.5 Å². The van der Waals surface area contributed by atoms with Crippen LogP contribution in [0.1, 0.15) is 49.9 Å². The molecule has 0 spiro atoms. The van der Waals surface area contributed by atoms with E-state index in [0.717, 1.165) is 31.5 Å². The monoisotopic (exact) mass is 318 g/mol. The third kappa shape index (κ3) is 3.91. The van der Waals surface area contributed by atoms with Crippen LogP contribution in [0.4, 0.5) is 5.69 Å². The molecule has 0 unspecified atom stereocenters. The summed E-state index contributed by atoms with van der Waals surface area (Å²) >= 11 is 0. The topological polar surface area (TPSA) is 69.6 Å². The highest BCUT2D eigenvalue weighted by atomic mass is 16.3. The molecule has 23 heavy (non-hydrogen) atoms. The number of amides is 2. The van der Waals surface area contributed by atoms with E-state index in [9.17, 15) is 14.7 Å². The summed E-state index contributed by atoms with van der Waals surface area (Å²) in [5.74, 6) is -0.00940. The molecule has 0 bridgehead atoms. The molecule has 2 N–H and O–H groups in total. The van der Waals surface area contributed by atoms with Crippen molar-refractivity contribution in [2.45, 2.75) is 39.5 Å². The van der Waals surface area contributed by atoms with Gasteiger partial charge in [0, 0.05) is 36.2 Å². The average Bonchev–Trinajstić information content (AvgIpc) is 3.02. The van der Waals surface area contributed by atoms with Gasteiger partial charge in [0.25, 0.3) is 5.91 Å². The predicted molar refractivity (Wildman–Crippen MR) is 90.5 cm³/mol. The number of rotatable bonds is 7. The molecule has 1 fully saturated rings. The number of carbonyl (C=O) groups is 2. The van der Waals surface area contributed by atoms with E-state index in [-0.39, 0.29) is 23.8 Å². The van der Waals surface area contributed by atoms with Gasteiger partial charge in [-0.15, -0.1) is 0 Å². The molecule has 1 heterocycles. The van der Waals surface area contributed by atoms with Crippen molar-refractivity contribution in [1.82, 2.24) is 5.32 Å². The fourth-order valence-electron chi connectivity index (χ4n) is 2.86. The molecule has 5 heteroatoms. The second kappa shape index (κ2) is 7.59. The maximum absolute atomic E-state index is 12.3. The molecule has 0 aromatic heterocycles. The van der Waals surface area contributed by atoms with Crippen LogP contribution in [0.5, 0.6) is 0 Å². The Balaban J connectivity index is 1.99. The molecule has 0 radical (unpaired) electrons. The third-order valence-electron chi connectivity index (χ3n) is 4.97. The Morgan fingerprint density at radius 2 is 1.91 bits per heavy atom. The van der Waals surface area contributed by atoms with Crippen LogP contribution in [0.25, 0.3) is 0 Å². The second-order valence-corrected chi connectivity index (χ2v) is 6.24. The molecule has 1 aromatic carbocycles. The van der Waals surface area contributed by atoms with E-state index in [4.69, 9.17) is 0 Å². The Kier molecular flexibility index (Phi) is 5.77. The van der Waals surface area contributed by atoms with Gasteiger partial charge in [0.2, 0.25) is 5.91 Å². The van der Waals surface area contributed by atoms with Gasteiger partial charge in [-0.1, -0.05) is 13.8 Å². The summed E-state index contributed by atoms with van der Waals surface area (Å²) < 4.78 is 0. The normalized spacial score (nSPS) is 15.1. The zero-order valence-electron chi connectivity index (χ0n) is 14.0. The fourth-order valence-corrected chi connectivity index (χ4v) is 2.86. The maximum atomic E-state index is 12.3. The van der Waals surface area contributed by atoms with Crippen molar-refractivity contribution in [3.8, 4) is 0 Å². The van der Waals surface area contributed by atoms with Crippen LogP contribution in [-0.4, -0.2) is 36.6 Å². The van der Waals surface area contributed by atoms with Gasteiger partial charge in [0.1, 0.15) is 0 Å². The number of benzene rings is 1. The van der Waals surface area contributed by atoms with Crippen molar-refractivity contribution in [3.63, 3.8) is 0 Å². The summed E-state index contributed by atoms with van der Waals surface area (Å²) in [6.07, 6.45) is 3.12. The largest absolute Gasteiger partial charge is 0.396 e. The molecule has 1 aromatic rings. The van der Waals surface area contributed by atoms with Gasteiger partial charge in [0.15, 0.2) is 0 Å². The number of aliphatic hydroxyl groups is 1. The molecule has 1 saturated heterocycles. The first-order chi connectivity index (χ1) is 11.0. The summed E-state index contributed by atoms with van der Waals surface area (Å²) in [6, 6.07) is 7.12. The van der Waals surface area contributed by atoms with Gasteiger partial charge in [-0.2, -0.15) is 0 Å². The lowest BCUT2D eigenvalue weighted by molar-refractivity contribution is -0.117. The first-order valence-corrected chi connectivity index (χ1v) is 8.34. The predicted octanol–water partition coefficient (Wildman–Crippen LogP) is 2.34. The molecular weight excluding hydrogens is 292 g/mol. The van der Waals surface area contributed by atoms with Gasteiger partial charge in [-0.25, -0.2) is 0 Å². The Morgan fingerprint density at radius 3 is 2.39 bits per heavy atom. The van der Waals surface area contributed by atoms with Crippen LogP contribution in [0.3, 0.4) is 0 Å². The Bertz CT molecular complexity index is 542. The van der Waals surface area contributed by atoms with Crippen LogP contribution in [0.15, 0.2) is 24.3 Å². The Labute approximate surface area is 137 Å². The standard InChI is InChI=1S/C18H26N2O3/c1-3-18(4-2,13-21)12-19-17(23)14-7-9-15(10-8-14)20-11-5-6-16(20)22/h7-10,21H,3-6,11-13H2,1-2H3,(H,19,23). The summed E-state index contributed by atoms with van der Waals surface area (Å²) in [5, 5.41) is 12.5. The second-order valence-electron chi connectivity index (χ2n) is 6.24. The minimum atomic E-state index is -0.252. The van der Waals surface area contributed by atoms with Crippen molar-refractivity contribution >= 4 is 17.5 Å². The zero-order chi connectivity index (χ0) is 16.9. The van der Waals surface area contributed by atoms with Crippen molar-refractivity contribution in [1.29, 1.82) is 0 Å². The summed E-state index contributed by atoms with van der Waals surface area (Å²) in [6.45, 7) is 5.32. The van der Waals surface area contributed by atoms with Crippen LogP contribution in [0, 0.1) is 5.41 Å². The fraction of sp³-hybridized carbons (Fsp3) is 0.556. The number of nitrogens with zero attached hydrogens (tertiary/aromatic N) is 1. The summed E-state index contributed by atoms with van der Waals surface area (Å²) in [5.41, 5.74) is 1.16. The van der Waals surface area contributed by atoms with Crippen molar-refractivity contribution in [2.75, 3.05) is 24.6 Å². The van der Waals surface area contributed by atoms with Crippen LogP contribution in [-0.2, 0) is 4.79 Å². The minimum absolute atomic E-state index is 0.0658. The smallest absolute Gasteiger partial charge is 0.251 e. The van der Waals surface area contributed by atoms with Gasteiger partial charge >= 0.3 is 0 Å². The van der Waals surface area contributed by atoms with E-state index in [1.54, 1.807) is 17.0 Å². The molecular formula is C18H26N2O3. The SMILES string of the molecule is CCC(CC)(CO)CNC(=O)c1ccc(N2CCCC2=O)cc1. The highest BCUT2D eigenvalue weighted by Crippen LogP contribution is 2.25. The molecule has 2 rings (SSSR count). The lowest BCUT2D eigenvalue weighted by Gasteiger charge is -2.29. The molecule has 1 aliphatic heterocycles. The molecule has 1 aliphatic rings. The van der Waals surface area contributed by atoms with E-state index >= 15 is 0 Å². The summed E-state index contributed by atoms with van der Waals surface area (Å²) in [4.78, 5) is 25.7. The third-order valence-corrected chi connectivity index (χ3v) is 4.97. The number of anilines is 1. The minimum Gasteiger partial charge on any atom is -0.396 e. The van der Waals surface area contributed by atoms with Crippen molar-refractivity contribution < 1.29 is 14.7 Å². The van der Waals surface area contributed by atoms with E-state index in [0.29, 0.717) is 18.5 Å². The van der Waals surface area contributed by atoms with E-state index in [1.807, 2.05) is 26.0 Å². The maximum Gasteiger partial charge on any atom is 0.251 e. The Morgan fingerprint density at radius 1 is 1.26 bits per heavy atom. The van der Waals surface area contributed by atoms with E-state index in [2.05, 4.69) is 5.32 Å².